The molecule has 0 unspecified atom stereocenters. The Morgan fingerprint density at radius 2 is 1.84 bits per heavy atom. The SMILES string of the molecule is COc1ccc(-c2nc(C)c(C(=O)Nc3ccc4oc(C(C)C)nc4c3)s2)cc1OC. The lowest BCUT2D eigenvalue weighted by Crippen LogP contribution is -2.11. The smallest absolute Gasteiger partial charge is 0.267 e. The number of hydrogen-bond donors (Lipinski definition) is 1. The molecule has 0 saturated carbocycles. The van der Waals surface area contributed by atoms with Crippen molar-refractivity contribution in [2.24, 2.45) is 0 Å². The van der Waals surface area contributed by atoms with E-state index in [1.165, 1.54) is 11.3 Å². The number of nitrogens with zero attached hydrogens (tertiary/aromatic N) is 2. The minimum atomic E-state index is -0.214. The summed E-state index contributed by atoms with van der Waals surface area (Å²) in [5.41, 5.74) is 3.59. The molecule has 1 N–H and O–H groups in total. The molecule has 31 heavy (non-hydrogen) atoms. The predicted octanol–water partition coefficient (Wildman–Crippen LogP) is 5.65. The van der Waals surface area contributed by atoms with Gasteiger partial charge >= 0.3 is 0 Å². The molecule has 4 aromatic rings. The lowest BCUT2D eigenvalue weighted by atomic mass is 10.2. The number of aryl methyl sites for hydroxylation is 1. The number of methoxy groups -OCH3 is 2. The monoisotopic (exact) mass is 437 g/mol. The summed E-state index contributed by atoms with van der Waals surface area (Å²) in [4.78, 5) is 22.5. The van der Waals surface area contributed by atoms with E-state index in [4.69, 9.17) is 13.9 Å². The molecule has 160 valence electrons. The Balaban J connectivity index is 1.58. The van der Waals surface area contributed by atoms with Gasteiger partial charge in [-0.25, -0.2) is 9.97 Å². The molecule has 0 aliphatic carbocycles. The van der Waals surface area contributed by atoms with E-state index in [2.05, 4.69) is 15.3 Å². The summed E-state index contributed by atoms with van der Waals surface area (Å²) >= 11 is 1.33. The number of oxazole rings is 1. The van der Waals surface area contributed by atoms with Crippen molar-refractivity contribution in [2.45, 2.75) is 26.7 Å². The first kappa shape index (κ1) is 20.9. The molecule has 0 fully saturated rings. The van der Waals surface area contributed by atoms with Crippen LogP contribution in [-0.4, -0.2) is 30.1 Å². The summed E-state index contributed by atoms with van der Waals surface area (Å²) in [6, 6.07) is 11.0. The molecular weight excluding hydrogens is 414 g/mol. The quantitative estimate of drug-likeness (QED) is 0.419. The number of ether oxygens (including phenoxy) is 2. The Kier molecular flexibility index (Phi) is 5.65. The van der Waals surface area contributed by atoms with E-state index in [0.29, 0.717) is 44.7 Å². The van der Waals surface area contributed by atoms with Gasteiger partial charge in [-0.1, -0.05) is 13.8 Å². The van der Waals surface area contributed by atoms with E-state index >= 15 is 0 Å². The summed E-state index contributed by atoms with van der Waals surface area (Å²) in [5, 5.41) is 3.67. The van der Waals surface area contributed by atoms with Crippen LogP contribution < -0.4 is 14.8 Å². The number of benzene rings is 2. The summed E-state index contributed by atoms with van der Waals surface area (Å²) in [6.45, 7) is 5.87. The molecule has 8 heteroatoms. The average molecular weight is 438 g/mol. The highest BCUT2D eigenvalue weighted by atomic mass is 32.1. The minimum absolute atomic E-state index is 0.195. The van der Waals surface area contributed by atoms with Gasteiger partial charge in [0, 0.05) is 17.2 Å². The third-order valence-electron chi connectivity index (χ3n) is 4.79. The van der Waals surface area contributed by atoms with Crippen LogP contribution in [0.3, 0.4) is 0 Å². The van der Waals surface area contributed by atoms with Crippen LogP contribution in [0.5, 0.6) is 11.5 Å². The number of rotatable bonds is 6. The lowest BCUT2D eigenvalue weighted by molar-refractivity contribution is 0.103. The predicted molar refractivity (Wildman–Crippen MR) is 121 cm³/mol. The summed E-state index contributed by atoms with van der Waals surface area (Å²) < 4.78 is 16.4. The number of carbonyl (C=O) groups is 1. The summed E-state index contributed by atoms with van der Waals surface area (Å²) in [7, 11) is 3.18. The van der Waals surface area contributed by atoms with Crippen LogP contribution in [0.2, 0.25) is 0 Å². The van der Waals surface area contributed by atoms with E-state index in [-0.39, 0.29) is 11.8 Å². The second-order valence-corrected chi connectivity index (χ2v) is 8.35. The molecule has 0 bridgehead atoms. The average Bonchev–Trinajstić information content (AvgIpc) is 3.36. The van der Waals surface area contributed by atoms with Crippen molar-refractivity contribution in [2.75, 3.05) is 19.5 Å². The van der Waals surface area contributed by atoms with Crippen LogP contribution in [0.1, 0.15) is 41.0 Å². The Bertz CT molecular complexity index is 1260. The highest BCUT2D eigenvalue weighted by Crippen LogP contribution is 2.35. The van der Waals surface area contributed by atoms with E-state index in [0.717, 1.165) is 10.6 Å². The zero-order valence-electron chi connectivity index (χ0n) is 18.0. The maximum Gasteiger partial charge on any atom is 0.267 e. The zero-order chi connectivity index (χ0) is 22.1. The molecule has 2 aromatic heterocycles. The van der Waals surface area contributed by atoms with Crippen LogP contribution in [0.25, 0.3) is 21.7 Å². The fraction of sp³-hybridized carbons (Fsp3) is 0.261. The van der Waals surface area contributed by atoms with Gasteiger partial charge in [-0.2, -0.15) is 0 Å². The highest BCUT2D eigenvalue weighted by molar-refractivity contribution is 7.17. The molecule has 4 rings (SSSR count). The normalized spacial score (nSPS) is 11.2. The number of aromatic nitrogens is 2. The minimum Gasteiger partial charge on any atom is -0.493 e. The standard InChI is InChI=1S/C23H23N3O4S/c1-12(2)22-26-16-11-15(7-9-17(16)30-22)25-21(27)20-13(3)24-23(31-20)14-6-8-18(28-4)19(10-14)29-5/h6-12H,1-5H3,(H,25,27). The molecule has 2 heterocycles. The molecule has 1 amide bonds. The van der Waals surface area contributed by atoms with Gasteiger partial charge in [0.25, 0.3) is 5.91 Å². The van der Waals surface area contributed by atoms with Crippen LogP contribution in [0, 0.1) is 6.92 Å². The van der Waals surface area contributed by atoms with Crippen LogP contribution in [0.4, 0.5) is 5.69 Å². The second kappa shape index (κ2) is 8.39. The van der Waals surface area contributed by atoms with Gasteiger partial charge in [0.05, 0.1) is 19.9 Å². The molecule has 0 spiro atoms. The summed E-state index contributed by atoms with van der Waals surface area (Å²) in [6.07, 6.45) is 0. The maximum absolute atomic E-state index is 12.9. The largest absolute Gasteiger partial charge is 0.493 e. The molecule has 2 aromatic carbocycles. The molecule has 0 atom stereocenters. The number of nitrogens with one attached hydrogen (secondary N) is 1. The van der Waals surface area contributed by atoms with Gasteiger partial charge in [-0.05, 0) is 43.3 Å². The van der Waals surface area contributed by atoms with E-state index in [1.54, 1.807) is 20.3 Å². The van der Waals surface area contributed by atoms with Crippen molar-refractivity contribution >= 4 is 34.0 Å². The van der Waals surface area contributed by atoms with Gasteiger partial charge in [-0.3, -0.25) is 4.79 Å². The fourth-order valence-electron chi connectivity index (χ4n) is 3.16. The Hall–Kier alpha value is -3.39. The van der Waals surface area contributed by atoms with Crippen molar-refractivity contribution in [1.29, 1.82) is 0 Å². The Morgan fingerprint density at radius 1 is 1.06 bits per heavy atom. The first-order valence-electron chi connectivity index (χ1n) is 9.81. The maximum atomic E-state index is 12.9. The Labute approximate surface area is 184 Å². The van der Waals surface area contributed by atoms with Crippen molar-refractivity contribution in [3.63, 3.8) is 0 Å². The van der Waals surface area contributed by atoms with Crippen molar-refractivity contribution in [1.82, 2.24) is 9.97 Å². The zero-order valence-corrected chi connectivity index (χ0v) is 18.8. The number of anilines is 1. The first-order valence-corrected chi connectivity index (χ1v) is 10.6. The number of fused-ring (bicyclic) bond motifs is 1. The summed E-state index contributed by atoms with van der Waals surface area (Å²) in [5.74, 6) is 1.91. The van der Waals surface area contributed by atoms with Crippen molar-refractivity contribution in [3.05, 3.63) is 52.9 Å². The van der Waals surface area contributed by atoms with E-state index in [9.17, 15) is 4.79 Å². The molecule has 0 aliphatic heterocycles. The van der Waals surface area contributed by atoms with Crippen LogP contribution in [-0.2, 0) is 0 Å². The van der Waals surface area contributed by atoms with Crippen molar-refractivity contribution in [3.8, 4) is 22.1 Å². The van der Waals surface area contributed by atoms with Crippen LogP contribution >= 0.6 is 11.3 Å². The Morgan fingerprint density at radius 3 is 2.55 bits per heavy atom. The second-order valence-electron chi connectivity index (χ2n) is 7.35. The van der Waals surface area contributed by atoms with Gasteiger partial charge in [0.2, 0.25) is 0 Å². The number of thiazole rings is 1. The molecule has 0 aliphatic rings. The topological polar surface area (TPSA) is 86.5 Å². The highest BCUT2D eigenvalue weighted by Gasteiger charge is 2.18. The first-order chi connectivity index (χ1) is 14.9. The van der Waals surface area contributed by atoms with Gasteiger partial charge < -0.3 is 19.2 Å². The molecule has 0 radical (unpaired) electrons. The third-order valence-corrected chi connectivity index (χ3v) is 5.99. The molecular formula is C23H23N3O4S. The van der Waals surface area contributed by atoms with Gasteiger partial charge in [0.15, 0.2) is 23.0 Å². The number of amides is 1. The third kappa shape index (κ3) is 4.11. The van der Waals surface area contributed by atoms with E-state index < -0.39 is 0 Å². The van der Waals surface area contributed by atoms with Gasteiger partial charge in [0.1, 0.15) is 15.4 Å². The number of hydrogen-bond acceptors (Lipinski definition) is 7. The fourth-order valence-corrected chi connectivity index (χ4v) is 4.12. The van der Waals surface area contributed by atoms with Crippen LogP contribution in [0.15, 0.2) is 40.8 Å². The number of carbonyl (C=O) groups excluding carboxylic acids is 1. The van der Waals surface area contributed by atoms with Crippen molar-refractivity contribution < 1.29 is 18.7 Å². The lowest BCUT2D eigenvalue weighted by Gasteiger charge is -2.08. The molecule has 0 saturated heterocycles. The van der Waals surface area contributed by atoms with Gasteiger partial charge in [-0.15, -0.1) is 11.3 Å². The van der Waals surface area contributed by atoms with E-state index in [1.807, 2.05) is 51.1 Å². The molecule has 7 nitrogen and oxygen atoms in total.